The first-order valence-electron chi connectivity index (χ1n) is 5.31. The molecule has 0 aliphatic rings. The molecule has 16 heavy (non-hydrogen) atoms. The number of hydrogen-bond acceptors (Lipinski definition) is 3. The van der Waals surface area contributed by atoms with E-state index in [-0.39, 0.29) is 0 Å². The van der Waals surface area contributed by atoms with E-state index in [4.69, 9.17) is 4.74 Å². The van der Waals surface area contributed by atoms with Gasteiger partial charge in [0.1, 0.15) is 5.60 Å². The number of esters is 1. The molecule has 0 saturated carbocycles. The molecule has 0 amide bonds. The second kappa shape index (κ2) is 4.66. The summed E-state index contributed by atoms with van der Waals surface area (Å²) in [5.41, 5.74) is 0.493. The molecule has 1 rings (SSSR count). The Kier molecular flexibility index (Phi) is 3.70. The summed E-state index contributed by atoms with van der Waals surface area (Å²) in [7, 11) is 0. The second-order valence-corrected chi connectivity index (χ2v) is 4.77. The van der Waals surface area contributed by atoms with E-state index in [9.17, 15) is 9.90 Å². The minimum atomic E-state index is -0.677. The van der Waals surface area contributed by atoms with Crippen LogP contribution in [0.4, 0.5) is 0 Å². The van der Waals surface area contributed by atoms with Crippen molar-refractivity contribution in [1.82, 2.24) is 0 Å². The number of carbonyl (C=O) groups excluding carboxylic acids is 1. The number of aliphatic hydroxyl groups is 1. The van der Waals surface area contributed by atoms with Crippen molar-refractivity contribution < 1.29 is 14.6 Å². The molecule has 0 saturated heterocycles. The van der Waals surface area contributed by atoms with Gasteiger partial charge >= 0.3 is 5.97 Å². The van der Waals surface area contributed by atoms with Gasteiger partial charge in [0, 0.05) is 0 Å². The highest BCUT2D eigenvalue weighted by Crippen LogP contribution is 2.20. The van der Waals surface area contributed by atoms with Gasteiger partial charge < -0.3 is 9.84 Å². The number of ether oxygens (including phenoxy) is 1. The van der Waals surface area contributed by atoms with Crippen LogP contribution >= 0.6 is 0 Å². The van der Waals surface area contributed by atoms with Crippen LogP contribution in [0.1, 0.15) is 49.7 Å². The number of carbonyl (C=O) groups is 1. The van der Waals surface area contributed by atoms with E-state index in [1.165, 1.54) is 0 Å². The normalized spacial score (nSPS) is 13.3. The van der Waals surface area contributed by atoms with Crippen molar-refractivity contribution in [2.45, 2.75) is 39.4 Å². The van der Waals surface area contributed by atoms with Crippen molar-refractivity contribution in [2.75, 3.05) is 0 Å². The lowest BCUT2D eigenvalue weighted by molar-refractivity contribution is 0.00646. The highest BCUT2D eigenvalue weighted by molar-refractivity contribution is 5.91. The molecule has 0 aliphatic heterocycles. The molecule has 1 atom stereocenters. The average molecular weight is 222 g/mol. The lowest BCUT2D eigenvalue weighted by Crippen LogP contribution is -2.24. The molecule has 1 aromatic rings. The van der Waals surface area contributed by atoms with Gasteiger partial charge in [-0.2, -0.15) is 0 Å². The summed E-state index contributed by atoms with van der Waals surface area (Å²) >= 11 is 0. The first-order valence-corrected chi connectivity index (χ1v) is 5.31. The van der Waals surface area contributed by atoms with Crippen LogP contribution in [-0.4, -0.2) is 16.7 Å². The zero-order valence-corrected chi connectivity index (χ0v) is 10.2. The highest BCUT2D eigenvalue weighted by Gasteiger charge is 2.21. The average Bonchev–Trinajstić information content (AvgIpc) is 2.15. The van der Waals surface area contributed by atoms with Gasteiger partial charge in [-0.15, -0.1) is 0 Å². The Morgan fingerprint density at radius 3 is 2.38 bits per heavy atom. The molecule has 0 radical (unpaired) electrons. The third kappa shape index (κ3) is 3.35. The van der Waals surface area contributed by atoms with Gasteiger partial charge in [-0.1, -0.05) is 18.2 Å². The van der Waals surface area contributed by atoms with Crippen LogP contribution in [0.2, 0.25) is 0 Å². The quantitative estimate of drug-likeness (QED) is 0.782. The largest absolute Gasteiger partial charge is 0.456 e. The number of benzene rings is 1. The zero-order chi connectivity index (χ0) is 12.3. The summed E-state index contributed by atoms with van der Waals surface area (Å²) in [6.07, 6.45) is -0.677. The van der Waals surface area contributed by atoms with Gasteiger partial charge in [0.15, 0.2) is 0 Å². The maximum Gasteiger partial charge on any atom is 0.339 e. The zero-order valence-electron chi connectivity index (χ0n) is 10.2. The standard InChI is InChI=1S/C13H18O3/c1-9(14)10-7-5-6-8-11(10)12(15)16-13(2,3)4/h5-9,14H,1-4H3. The smallest absolute Gasteiger partial charge is 0.339 e. The minimum Gasteiger partial charge on any atom is -0.456 e. The van der Waals surface area contributed by atoms with Gasteiger partial charge in [-0.05, 0) is 39.3 Å². The van der Waals surface area contributed by atoms with Crippen LogP contribution in [0, 0.1) is 0 Å². The maximum absolute atomic E-state index is 11.9. The van der Waals surface area contributed by atoms with Crippen molar-refractivity contribution >= 4 is 5.97 Å². The number of rotatable bonds is 2. The lowest BCUT2D eigenvalue weighted by Gasteiger charge is -2.21. The summed E-state index contributed by atoms with van der Waals surface area (Å²) in [5.74, 6) is -0.399. The van der Waals surface area contributed by atoms with Crippen LogP contribution in [-0.2, 0) is 4.74 Å². The van der Waals surface area contributed by atoms with Gasteiger partial charge in [-0.3, -0.25) is 0 Å². The fourth-order valence-corrected chi connectivity index (χ4v) is 1.38. The van der Waals surface area contributed by atoms with Crippen molar-refractivity contribution in [3.63, 3.8) is 0 Å². The first kappa shape index (κ1) is 12.7. The third-order valence-electron chi connectivity index (χ3n) is 2.03. The molecule has 0 aromatic heterocycles. The summed E-state index contributed by atoms with van der Waals surface area (Å²) in [5, 5.41) is 9.54. The maximum atomic E-state index is 11.9. The fraction of sp³-hybridized carbons (Fsp3) is 0.462. The number of aliphatic hydroxyl groups excluding tert-OH is 1. The molecule has 0 spiro atoms. The van der Waals surface area contributed by atoms with Gasteiger partial charge in [0.25, 0.3) is 0 Å². The molecule has 0 aliphatic carbocycles. The Hall–Kier alpha value is -1.35. The van der Waals surface area contributed by atoms with Crippen LogP contribution in [0.5, 0.6) is 0 Å². The van der Waals surface area contributed by atoms with E-state index >= 15 is 0 Å². The van der Waals surface area contributed by atoms with Crippen molar-refractivity contribution in [1.29, 1.82) is 0 Å². The molecule has 3 heteroatoms. The predicted molar refractivity (Wildman–Crippen MR) is 62.2 cm³/mol. The Morgan fingerprint density at radius 2 is 1.88 bits per heavy atom. The van der Waals surface area contributed by atoms with Crippen LogP contribution in [0.25, 0.3) is 0 Å². The van der Waals surface area contributed by atoms with Crippen LogP contribution in [0.3, 0.4) is 0 Å². The summed E-state index contributed by atoms with van der Waals surface area (Å²) < 4.78 is 5.26. The summed E-state index contributed by atoms with van der Waals surface area (Å²) in [4.78, 5) is 11.9. The fourth-order valence-electron chi connectivity index (χ4n) is 1.38. The highest BCUT2D eigenvalue weighted by atomic mass is 16.6. The van der Waals surface area contributed by atoms with E-state index in [1.54, 1.807) is 31.2 Å². The Bertz CT molecular complexity index is 375. The van der Waals surface area contributed by atoms with E-state index < -0.39 is 17.7 Å². The van der Waals surface area contributed by atoms with Gasteiger partial charge in [-0.25, -0.2) is 4.79 Å². The van der Waals surface area contributed by atoms with E-state index in [0.717, 1.165) is 0 Å². The SMILES string of the molecule is CC(O)c1ccccc1C(=O)OC(C)(C)C. The first-order chi connectivity index (χ1) is 7.31. The molecule has 0 bridgehead atoms. The monoisotopic (exact) mass is 222 g/mol. The third-order valence-corrected chi connectivity index (χ3v) is 2.03. The van der Waals surface area contributed by atoms with Gasteiger partial charge in [0.2, 0.25) is 0 Å². The minimum absolute atomic E-state index is 0.399. The van der Waals surface area contributed by atoms with E-state index in [0.29, 0.717) is 11.1 Å². The number of hydrogen-bond donors (Lipinski definition) is 1. The molecule has 0 fully saturated rings. The Labute approximate surface area is 96.1 Å². The Balaban J connectivity index is 3.00. The molecular weight excluding hydrogens is 204 g/mol. The topological polar surface area (TPSA) is 46.5 Å². The molecular formula is C13H18O3. The predicted octanol–water partition coefficient (Wildman–Crippen LogP) is 2.70. The summed E-state index contributed by atoms with van der Waals surface area (Å²) in [6.45, 7) is 7.07. The molecule has 1 N–H and O–H groups in total. The van der Waals surface area contributed by atoms with Crippen LogP contribution in [0.15, 0.2) is 24.3 Å². The Morgan fingerprint density at radius 1 is 1.31 bits per heavy atom. The van der Waals surface area contributed by atoms with E-state index in [1.807, 2.05) is 20.8 Å². The second-order valence-electron chi connectivity index (χ2n) is 4.77. The molecule has 1 unspecified atom stereocenters. The molecule has 1 aromatic carbocycles. The molecule has 88 valence electrons. The molecule has 0 heterocycles. The van der Waals surface area contributed by atoms with Gasteiger partial charge in [0.05, 0.1) is 11.7 Å². The van der Waals surface area contributed by atoms with E-state index in [2.05, 4.69) is 0 Å². The lowest BCUT2D eigenvalue weighted by atomic mass is 10.0. The summed E-state index contributed by atoms with van der Waals surface area (Å²) in [6, 6.07) is 6.93. The van der Waals surface area contributed by atoms with Crippen molar-refractivity contribution in [3.8, 4) is 0 Å². The molecule has 3 nitrogen and oxygen atoms in total. The van der Waals surface area contributed by atoms with Crippen molar-refractivity contribution in [2.24, 2.45) is 0 Å². The van der Waals surface area contributed by atoms with Crippen LogP contribution < -0.4 is 0 Å². The van der Waals surface area contributed by atoms with Crippen molar-refractivity contribution in [3.05, 3.63) is 35.4 Å².